The lowest BCUT2D eigenvalue weighted by Crippen LogP contribution is -2.31. The SMILES string of the molecule is CCSC1C(CO)OC(O)C1O. The van der Waals surface area contributed by atoms with Gasteiger partial charge < -0.3 is 20.1 Å². The minimum absolute atomic E-state index is 0.161. The number of hydrogen-bond acceptors (Lipinski definition) is 5. The van der Waals surface area contributed by atoms with Crippen molar-refractivity contribution in [2.75, 3.05) is 12.4 Å². The highest BCUT2D eigenvalue weighted by Gasteiger charge is 2.42. The van der Waals surface area contributed by atoms with E-state index in [1.54, 1.807) is 0 Å². The van der Waals surface area contributed by atoms with Crippen LogP contribution in [0.3, 0.4) is 0 Å². The molecule has 3 N–H and O–H groups in total. The van der Waals surface area contributed by atoms with Gasteiger partial charge >= 0.3 is 0 Å². The van der Waals surface area contributed by atoms with E-state index < -0.39 is 18.5 Å². The minimum Gasteiger partial charge on any atom is -0.394 e. The summed E-state index contributed by atoms with van der Waals surface area (Å²) in [5.74, 6) is 0.828. The van der Waals surface area contributed by atoms with Crippen LogP contribution in [-0.4, -0.2) is 51.4 Å². The molecule has 0 bridgehead atoms. The Bertz CT molecular complexity index is 143. The first-order valence-corrected chi connectivity index (χ1v) is 4.99. The topological polar surface area (TPSA) is 69.9 Å². The van der Waals surface area contributed by atoms with E-state index in [0.717, 1.165) is 5.75 Å². The van der Waals surface area contributed by atoms with Gasteiger partial charge in [-0.1, -0.05) is 6.92 Å². The van der Waals surface area contributed by atoms with Gasteiger partial charge in [0.1, 0.15) is 6.10 Å². The molecule has 4 atom stereocenters. The van der Waals surface area contributed by atoms with Crippen molar-refractivity contribution in [3.05, 3.63) is 0 Å². The second kappa shape index (κ2) is 4.43. The van der Waals surface area contributed by atoms with Crippen LogP contribution in [0.15, 0.2) is 0 Å². The summed E-state index contributed by atoms with van der Waals surface area (Å²) in [5, 5.41) is 27.1. The molecule has 1 aliphatic heterocycles. The van der Waals surface area contributed by atoms with Crippen LogP contribution in [0.2, 0.25) is 0 Å². The maximum Gasteiger partial charge on any atom is 0.182 e. The number of ether oxygens (including phenoxy) is 1. The second-order valence-electron chi connectivity index (χ2n) is 2.66. The van der Waals surface area contributed by atoms with Crippen molar-refractivity contribution in [1.82, 2.24) is 0 Å². The van der Waals surface area contributed by atoms with Crippen LogP contribution in [0.25, 0.3) is 0 Å². The average molecular weight is 194 g/mol. The van der Waals surface area contributed by atoms with Crippen molar-refractivity contribution in [3.63, 3.8) is 0 Å². The molecule has 1 heterocycles. The van der Waals surface area contributed by atoms with Crippen molar-refractivity contribution in [2.45, 2.75) is 30.7 Å². The lowest BCUT2D eigenvalue weighted by molar-refractivity contribution is -0.132. The number of hydrogen-bond donors (Lipinski definition) is 3. The number of rotatable bonds is 3. The normalized spacial score (nSPS) is 42.0. The Kier molecular flexibility index (Phi) is 3.79. The lowest BCUT2D eigenvalue weighted by atomic mass is 10.2. The molecule has 72 valence electrons. The molecule has 0 radical (unpaired) electrons. The van der Waals surface area contributed by atoms with Gasteiger partial charge in [-0.25, -0.2) is 0 Å². The third-order valence-electron chi connectivity index (χ3n) is 1.85. The summed E-state index contributed by atoms with van der Waals surface area (Å²) in [5.41, 5.74) is 0. The van der Waals surface area contributed by atoms with Gasteiger partial charge in [0, 0.05) is 0 Å². The van der Waals surface area contributed by atoms with Gasteiger partial charge in [-0.3, -0.25) is 0 Å². The van der Waals surface area contributed by atoms with E-state index in [2.05, 4.69) is 0 Å². The molecule has 1 saturated heterocycles. The van der Waals surface area contributed by atoms with Crippen LogP contribution >= 0.6 is 11.8 Å². The van der Waals surface area contributed by atoms with Gasteiger partial charge in [0.2, 0.25) is 0 Å². The fourth-order valence-corrected chi connectivity index (χ4v) is 2.35. The summed E-state index contributed by atoms with van der Waals surface area (Å²) in [6.45, 7) is 1.79. The van der Waals surface area contributed by atoms with Crippen LogP contribution in [0.5, 0.6) is 0 Å². The van der Waals surface area contributed by atoms with Crippen LogP contribution < -0.4 is 0 Å². The Labute approximate surface area is 75.5 Å². The summed E-state index contributed by atoms with van der Waals surface area (Å²) in [6, 6.07) is 0. The molecule has 12 heavy (non-hydrogen) atoms. The maximum atomic E-state index is 9.38. The Hall–Kier alpha value is 0.190. The minimum atomic E-state index is -1.15. The van der Waals surface area contributed by atoms with Crippen molar-refractivity contribution in [3.8, 4) is 0 Å². The molecule has 0 aromatic carbocycles. The Balaban J connectivity index is 2.53. The number of aliphatic hydroxyl groups is 3. The molecular formula is C7H14O4S. The molecule has 5 heteroatoms. The first-order chi connectivity index (χ1) is 5.70. The smallest absolute Gasteiger partial charge is 0.182 e. The largest absolute Gasteiger partial charge is 0.394 e. The Morgan fingerprint density at radius 2 is 2.08 bits per heavy atom. The van der Waals surface area contributed by atoms with Gasteiger partial charge in [-0.15, -0.1) is 0 Å². The fraction of sp³-hybridized carbons (Fsp3) is 1.00. The zero-order valence-electron chi connectivity index (χ0n) is 6.88. The first kappa shape index (κ1) is 10.3. The quantitative estimate of drug-likeness (QED) is 0.547. The predicted molar refractivity (Wildman–Crippen MR) is 45.9 cm³/mol. The molecule has 1 rings (SSSR count). The molecule has 0 aliphatic carbocycles. The van der Waals surface area contributed by atoms with Gasteiger partial charge in [0.25, 0.3) is 0 Å². The van der Waals surface area contributed by atoms with Crippen LogP contribution in [0.4, 0.5) is 0 Å². The molecule has 0 aromatic rings. The van der Waals surface area contributed by atoms with Gasteiger partial charge in [-0.05, 0) is 5.75 Å². The zero-order chi connectivity index (χ0) is 9.14. The van der Waals surface area contributed by atoms with Crippen LogP contribution in [0.1, 0.15) is 6.92 Å². The number of thioether (sulfide) groups is 1. The Morgan fingerprint density at radius 3 is 2.58 bits per heavy atom. The highest BCUT2D eigenvalue weighted by molar-refractivity contribution is 8.00. The predicted octanol–water partition coefficient (Wildman–Crippen LogP) is -0.822. The first-order valence-electron chi connectivity index (χ1n) is 3.94. The highest BCUT2D eigenvalue weighted by Crippen LogP contribution is 2.29. The van der Waals surface area contributed by atoms with E-state index in [1.165, 1.54) is 11.8 Å². The summed E-state index contributed by atoms with van der Waals surface area (Å²) in [6.07, 6.45) is -2.47. The van der Waals surface area contributed by atoms with E-state index in [4.69, 9.17) is 14.9 Å². The summed E-state index contributed by atoms with van der Waals surface area (Å²) >= 11 is 1.49. The van der Waals surface area contributed by atoms with Crippen LogP contribution in [0, 0.1) is 0 Å². The van der Waals surface area contributed by atoms with Crippen molar-refractivity contribution < 1.29 is 20.1 Å². The summed E-state index contributed by atoms with van der Waals surface area (Å²) in [7, 11) is 0. The highest BCUT2D eigenvalue weighted by atomic mass is 32.2. The van der Waals surface area contributed by atoms with Gasteiger partial charge in [-0.2, -0.15) is 11.8 Å². The van der Waals surface area contributed by atoms with Crippen molar-refractivity contribution >= 4 is 11.8 Å². The molecule has 0 amide bonds. The van der Waals surface area contributed by atoms with E-state index in [1.807, 2.05) is 6.92 Å². The van der Waals surface area contributed by atoms with E-state index >= 15 is 0 Å². The van der Waals surface area contributed by atoms with Gasteiger partial charge in [0.05, 0.1) is 18.0 Å². The molecule has 1 fully saturated rings. The molecule has 0 aromatic heterocycles. The molecule has 0 saturated carbocycles. The monoisotopic (exact) mass is 194 g/mol. The zero-order valence-corrected chi connectivity index (χ0v) is 7.70. The van der Waals surface area contributed by atoms with Crippen molar-refractivity contribution in [1.29, 1.82) is 0 Å². The van der Waals surface area contributed by atoms with Gasteiger partial charge in [0.15, 0.2) is 6.29 Å². The van der Waals surface area contributed by atoms with E-state index in [9.17, 15) is 5.11 Å². The molecule has 1 aliphatic rings. The average Bonchev–Trinajstić information content (AvgIpc) is 2.33. The third kappa shape index (κ3) is 1.92. The van der Waals surface area contributed by atoms with E-state index in [0.29, 0.717) is 0 Å². The Morgan fingerprint density at radius 1 is 1.42 bits per heavy atom. The van der Waals surface area contributed by atoms with Crippen LogP contribution in [-0.2, 0) is 4.74 Å². The maximum absolute atomic E-state index is 9.38. The standard InChI is InChI=1S/C7H14O4S/c1-2-12-6-4(3-8)11-7(10)5(6)9/h4-10H,2-3H2,1H3. The summed E-state index contributed by atoms with van der Waals surface area (Å²) < 4.78 is 4.92. The molecule has 4 unspecified atom stereocenters. The molecule has 4 nitrogen and oxygen atoms in total. The second-order valence-corrected chi connectivity index (χ2v) is 4.11. The third-order valence-corrected chi connectivity index (χ3v) is 3.15. The lowest BCUT2D eigenvalue weighted by Gasteiger charge is -2.16. The van der Waals surface area contributed by atoms with E-state index in [-0.39, 0.29) is 11.9 Å². The molecular weight excluding hydrogens is 180 g/mol. The summed E-state index contributed by atoms with van der Waals surface area (Å²) in [4.78, 5) is 0. The molecule has 0 spiro atoms. The van der Waals surface area contributed by atoms with Crippen molar-refractivity contribution in [2.24, 2.45) is 0 Å². The number of aliphatic hydroxyl groups excluding tert-OH is 3. The fourth-order valence-electron chi connectivity index (χ4n) is 1.26.